The van der Waals surface area contributed by atoms with Crippen molar-refractivity contribution in [1.82, 2.24) is 4.90 Å². The van der Waals surface area contributed by atoms with Crippen molar-refractivity contribution in [2.24, 2.45) is 53.2 Å². The van der Waals surface area contributed by atoms with Crippen LogP contribution < -0.4 is 5.90 Å². The van der Waals surface area contributed by atoms with E-state index in [4.69, 9.17) is 10.7 Å². The third-order valence-electron chi connectivity index (χ3n) is 14.2. The summed E-state index contributed by atoms with van der Waals surface area (Å²) in [5.74, 6) is 11.6. The van der Waals surface area contributed by atoms with E-state index in [-0.39, 0.29) is 18.1 Å². The van der Waals surface area contributed by atoms with E-state index < -0.39 is 0 Å². The van der Waals surface area contributed by atoms with Crippen LogP contribution in [0.4, 0.5) is 0 Å². The van der Waals surface area contributed by atoms with Crippen LogP contribution in [0.5, 0.6) is 0 Å². The van der Waals surface area contributed by atoms with Gasteiger partial charge in [-0.3, -0.25) is 4.90 Å². The van der Waals surface area contributed by atoms with Crippen LogP contribution in [0.3, 0.4) is 0 Å². The van der Waals surface area contributed by atoms with Gasteiger partial charge in [0, 0.05) is 24.0 Å². The Morgan fingerprint density at radius 2 is 1.05 bits per heavy atom. The molecule has 0 aliphatic heterocycles. The molecule has 6 fully saturated rings. The Balaban J connectivity index is 0.970. The zero-order valence-corrected chi connectivity index (χ0v) is 28.1. The molecule has 6 saturated carbocycles. The van der Waals surface area contributed by atoms with Crippen molar-refractivity contribution in [3.63, 3.8) is 0 Å². The highest BCUT2D eigenvalue weighted by Gasteiger charge is 2.44. The summed E-state index contributed by atoms with van der Waals surface area (Å²) >= 11 is 0. The molecule has 0 amide bonds. The van der Waals surface area contributed by atoms with Crippen LogP contribution in [0.15, 0.2) is 12.2 Å². The molecule has 6 aliphatic carbocycles. The van der Waals surface area contributed by atoms with E-state index in [1.54, 1.807) is 0 Å². The molecule has 0 aromatic rings. The first kappa shape index (κ1) is 32.5. The summed E-state index contributed by atoms with van der Waals surface area (Å²) in [6.45, 7) is 4.95. The molecule has 0 heterocycles. The van der Waals surface area contributed by atoms with Gasteiger partial charge in [-0.1, -0.05) is 51.7 Å². The van der Waals surface area contributed by atoms with Gasteiger partial charge in [0.15, 0.2) is 0 Å². The molecule has 246 valence electrons. The number of nitrogens with zero attached hydrogens (tertiary/aromatic N) is 1. The van der Waals surface area contributed by atoms with Crippen molar-refractivity contribution in [3.05, 3.63) is 12.2 Å². The van der Waals surface area contributed by atoms with Crippen LogP contribution in [0.25, 0.3) is 0 Å². The van der Waals surface area contributed by atoms with E-state index in [0.29, 0.717) is 5.92 Å². The second-order valence-corrected chi connectivity index (χ2v) is 17.0. The average Bonchev–Trinajstić information content (AvgIpc) is 3.04. The Hall–Kier alpha value is -0.420. The lowest BCUT2D eigenvalue weighted by molar-refractivity contribution is -0.111. The first-order valence-corrected chi connectivity index (χ1v) is 19.5. The summed E-state index contributed by atoms with van der Waals surface area (Å²) in [5.41, 5.74) is 0. The Morgan fingerprint density at radius 3 is 1.53 bits per heavy atom. The van der Waals surface area contributed by atoms with Crippen LogP contribution >= 0.6 is 0 Å². The number of aliphatic hydroxyl groups is 1. The van der Waals surface area contributed by atoms with Crippen LogP contribution in [0.1, 0.15) is 155 Å². The minimum Gasteiger partial charge on any atom is -0.393 e. The molecule has 4 heteroatoms. The lowest BCUT2D eigenvalue weighted by atomic mass is 9.63. The molecule has 4 nitrogen and oxygen atoms in total. The normalized spacial score (nSPS) is 45.6. The fraction of sp³-hybridized carbons (Fsp3) is 0.949. The fourth-order valence-corrected chi connectivity index (χ4v) is 11.4. The number of hydrogen-bond donors (Lipinski definition) is 2. The van der Waals surface area contributed by atoms with Crippen LogP contribution in [-0.4, -0.2) is 40.3 Å². The molecule has 5 unspecified atom stereocenters. The third-order valence-corrected chi connectivity index (χ3v) is 14.2. The molecule has 6 aliphatic rings. The minimum absolute atomic E-state index is 0.0424. The third kappa shape index (κ3) is 8.12. The number of aliphatic hydroxyl groups excluding tert-OH is 1. The highest BCUT2D eigenvalue weighted by atomic mass is 16.6. The SMILES string of the molecule is CC1CCC(N(C2CCC(C)CC2)C2CCC(/C=C/C3CCC(C(ON)C4CC5CCCCC5CC4O)CC3)CC2)CC1. The second kappa shape index (κ2) is 15.4. The number of allylic oxidation sites excluding steroid dienone is 2. The molecule has 0 bridgehead atoms. The Morgan fingerprint density at radius 1 is 0.605 bits per heavy atom. The van der Waals surface area contributed by atoms with E-state index >= 15 is 0 Å². The molecular formula is C39H68N2O2. The first-order chi connectivity index (χ1) is 21.0. The van der Waals surface area contributed by atoms with Gasteiger partial charge >= 0.3 is 0 Å². The van der Waals surface area contributed by atoms with E-state index in [9.17, 15) is 5.11 Å². The van der Waals surface area contributed by atoms with E-state index in [1.165, 1.54) is 128 Å². The fourth-order valence-electron chi connectivity index (χ4n) is 11.4. The summed E-state index contributed by atoms with van der Waals surface area (Å²) < 4.78 is 0. The summed E-state index contributed by atoms with van der Waals surface area (Å²) in [5, 5.41) is 11.1. The van der Waals surface area contributed by atoms with Gasteiger partial charge in [-0.2, -0.15) is 0 Å². The number of rotatable bonds is 8. The van der Waals surface area contributed by atoms with Crippen molar-refractivity contribution in [2.75, 3.05) is 0 Å². The van der Waals surface area contributed by atoms with Gasteiger partial charge < -0.3 is 9.94 Å². The Labute approximate surface area is 265 Å². The maximum Gasteiger partial charge on any atom is 0.0868 e. The molecule has 0 spiro atoms. The second-order valence-electron chi connectivity index (χ2n) is 17.0. The summed E-state index contributed by atoms with van der Waals surface area (Å²) in [6, 6.07) is 2.56. The van der Waals surface area contributed by atoms with E-state index in [1.807, 2.05) is 0 Å². The molecule has 3 N–H and O–H groups in total. The minimum atomic E-state index is -0.222. The van der Waals surface area contributed by atoms with E-state index in [0.717, 1.165) is 66.5 Å². The molecule has 43 heavy (non-hydrogen) atoms. The quantitative estimate of drug-likeness (QED) is 0.217. The Kier molecular flexibility index (Phi) is 11.7. The van der Waals surface area contributed by atoms with Gasteiger partial charge in [-0.15, -0.1) is 0 Å². The summed E-state index contributed by atoms with van der Waals surface area (Å²) in [6.07, 6.45) is 34.7. The zero-order valence-electron chi connectivity index (χ0n) is 28.1. The van der Waals surface area contributed by atoms with Gasteiger partial charge in [0.1, 0.15) is 0 Å². The van der Waals surface area contributed by atoms with E-state index in [2.05, 4.69) is 30.9 Å². The van der Waals surface area contributed by atoms with Crippen molar-refractivity contribution in [3.8, 4) is 0 Å². The first-order valence-electron chi connectivity index (χ1n) is 19.5. The van der Waals surface area contributed by atoms with Gasteiger partial charge in [0.25, 0.3) is 0 Å². The molecule has 0 radical (unpaired) electrons. The number of hydrogen-bond acceptors (Lipinski definition) is 4. The lowest BCUT2D eigenvalue weighted by Gasteiger charge is -2.49. The van der Waals surface area contributed by atoms with Gasteiger partial charge in [0.2, 0.25) is 0 Å². The number of fused-ring (bicyclic) bond motifs is 1. The molecular weight excluding hydrogens is 528 g/mol. The molecule has 0 aromatic heterocycles. The van der Waals surface area contributed by atoms with Crippen molar-refractivity contribution >= 4 is 0 Å². The zero-order chi connectivity index (χ0) is 29.8. The van der Waals surface area contributed by atoms with Crippen molar-refractivity contribution < 1.29 is 9.94 Å². The van der Waals surface area contributed by atoms with Crippen molar-refractivity contribution in [1.29, 1.82) is 0 Å². The van der Waals surface area contributed by atoms with Gasteiger partial charge in [-0.25, -0.2) is 5.90 Å². The predicted octanol–water partition coefficient (Wildman–Crippen LogP) is 9.20. The van der Waals surface area contributed by atoms with Crippen LogP contribution in [0, 0.1) is 47.3 Å². The van der Waals surface area contributed by atoms with Crippen LogP contribution in [-0.2, 0) is 4.84 Å². The smallest absolute Gasteiger partial charge is 0.0868 e. The maximum atomic E-state index is 11.1. The monoisotopic (exact) mass is 597 g/mol. The summed E-state index contributed by atoms with van der Waals surface area (Å²) in [7, 11) is 0. The standard InChI is InChI=1S/C39H68N2O2/c1-27-7-19-34(20-8-27)41(35-21-9-28(2)10-22-35)36-23-15-30(16-24-36)12-11-29-13-17-31(18-14-29)39(43-40)37-25-32-5-3-4-6-33(32)26-38(37)42/h11-12,27-39,42H,3-10,13-26,40H2,1-2H3/b12-11+. The summed E-state index contributed by atoms with van der Waals surface area (Å²) in [4.78, 5) is 8.85. The van der Waals surface area contributed by atoms with Crippen LogP contribution in [0.2, 0.25) is 0 Å². The lowest BCUT2D eigenvalue weighted by Crippen LogP contribution is -2.52. The average molecular weight is 597 g/mol. The highest BCUT2D eigenvalue weighted by Crippen LogP contribution is 2.47. The molecule has 0 saturated heterocycles. The predicted molar refractivity (Wildman–Crippen MR) is 178 cm³/mol. The molecule has 6 rings (SSSR count). The molecule has 5 atom stereocenters. The molecule has 0 aromatic carbocycles. The van der Waals surface area contributed by atoms with Crippen molar-refractivity contribution in [2.45, 2.75) is 185 Å². The Bertz CT molecular complexity index is 823. The van der Waals surface area contributed by atoms with Gasteiger partial charge in [-0.05, 0) is 157 Å². The largest absolute Gasteiger partial charge is 0.393 e. The topological polar surface area (TPSA) is 58.7 Å². The highest BCUT2D eigenvalue weighted by molar-refractivity contribution is 5.00. The number of nitrogens with two attached hydrogens (primary N) is 1. The maximum absolute atomic E-state index is 11.1. The van der Waals surface area contributed by atoms with Gasteiger partial charge in [0.05, 0.1) is 12.2 Å².